The number of hydrogen-bond donors (Lipinski definition) is 1. The van der Waals surface area contributed by atoms with E-state index in [-0.39, 0.29) is 38.7 Å². The molecule has 1 amide bonds. The first-order chi connectivity index (χ1) is 12.5. The predicted octanol–water partition coefficient (Wildman–Crippen LogP) is 2.68. The molecule has 0 radical (unpaired) electrons. The highest BCUT2D eigenvalue weighted by molar-refractivity contribution is 5.94. The zero-order valence-electron chi connectivity index (χ0n) is 15.5. The summed E-state index contributed by atoms with van der Waals surface area (Å²) >= 11 is 0. The van der Waals surface area contributed by atoms with Crippen molar-refractivity contribution in [3.63, 3.8) is 0 Å². The second-order valence-corrected chi connectivity index (χ2v) is 5.84. The predicted molar refractivity (Wildman–Crippen MR) is 95.2 cm³/mol. The van der Waals surface area contributed by atoms with Gasteiger partial charge in [-0.2, -0.15) is 0 Å². The van der Waals surface area contributed by atoms with Crippen molar-refractivity contribution in [1.29, 1.82) is 0 Å². The molecule has 1 aromatic rings. The Morgan fingerprint density at radius 1 is 0.962 bits per heavy atom. The third kappa shape index (κ3) is 8.00. The molecule has 26 heavy (non-hydrogen) atoms. The fraction of sp³-hybridized carbons (Fsp3) is 0.526. The number of alkyl carbamates (subject to hydrolysis) is 1. The van der Waals surface area contributed by atoms with Crippen molar-refractivity contribution in [3.8, 4) is 0 Å². The molecule has 0 aliphatic heterocycles. The fourth-order valence-electron chi connectivity index (χ4n) is 2.29. The number of rotatable bonds is 10. The van der Waals surface area contributed by atoms with Gasteiger partial charge in [0.25, 0.3) is 0 Å². The van der Waals surface area contributed by atoms with Crippen molar-refractivity contribution in [1.82, 2.24) is 5.32 Å². The molecule has 1 aromatic carbocycles. The van der Waals surface area contributed by atoms with Crippen molar-refractivity contribution >= 4 is 18.0 Å². The molecule has 1 atom stereocenters. The molecule has 0 aliphatic rings. The molecule has 0 unspecified atom stereocenters. The Kier molecular flexibility index (Phi) is 9.82. The van der Waals surface area contributed by atoms with Crippen LogP contribution in [0.1, 0.15) is 32.8 Å². The summed E-state index contributed by atoms with van der Waals surface area (Å²) in [5, 5.41) is 2.63. The number of nitrogens with one attached hydrogen (secondary N) is 1. The summed E-state index contributed by atoms with van der Waals surface area (Å²) in [6.45, 7) is 5.99. The van der Waals surface area contributed by atoms with Crippen LogP contribution in [0.2, 0.25) is 0 Å². The summed E-state index contributed by atoms with van der Waals surface area (Å²) in [5.74, 6) is -2.35. The van der Waals surface area contributed by atoms with Gasteiger partial charge >= 0.3 is 18.0 Å². The molecule has 144 valence electrons. The normalized spacial score (nSPS) is 11.5. The van der Waals surface area contributed by atoms with Gasteiger partial charge < -0.3 is 19.5 Å². The standard InChI is InChI=1S/C19H27NO6/c1-4-24-17(21)16(18(22)25-5-2)11-14(3)12-20-19(23)26-13-15-9-7-6-8-10-15/h6-10,14,16H,4-5,11-13H2,1-3H3,(H,20,23)/t14-/m1/s1. The number of esters is 2. The Hall–Kier alpha value is -2.57. The van der Waals surface area contributed by atoms with Crippen LogP contribution in [0.3, 0.4) is 0 Å². The molecule has 1 rings (SSSR count). The third-order valence-electron chi connectivity index (χ3n) is 3.59. The van der Waals surface area contributed by atoms with Gasteiger partial charge in [-0.15, -0.1) is 0 Å². The maximum absolute atomic E-state index is 12.0. The number of amides is 1. The maximum atomic E-state index is 12.0. The van der Waals surface area contributed by atoms with E-state index in [2.05, 4.69) is 5.32 Å². The fourth-order valence-corrected chi connectivity index (χ4v) is 2.29. The molecule has 0 spiro atoms. The second-order valence-electron chi connectivity index (χ2n) is 5.84. The lowest BCUT2D eigenvalue weighted by atomic mass is 9.95. The number of hydrogen-bond acceptors (Lipinski definition) is 6. The molecule has 7 nitrogen and oxygen atoms in total. The van der Waals surface area contributed by atoms with Gasteiger partial charge in [-0.1, -0.05) is 37.3 Å². The Bertz CT molecular complexity index is 557. The Labute approximate surface area is 154 Å². The van der Waals surface area contributed by atoms with E-state index in [1.54, 1.807) is 13.8 Å². The monoisotopic (exact) mass is 365 g/mol. The summed E-state index contributed by atoms with van der Waals surface area (Å²) in [5.41, 5.74) is 0.889. The van der Waals surface area contributed by atoms with Crippen molar-refractivity contribution < 1.29 is 28.6 Å². The highest BCUT2D eigenvalue weighted by Gasteiger charge is 2.31. The molecule has 0 aliphatic carbocycles. The van der Waals surface area contributed by atoms with Gasteiger partial charge in [-0.3, -0.25) is 9.59 Å². The molecule has 0 aromatic heterocycles. The lowest BCUT2D eigenvalue weighted by molar-refractivity contribution is -0.162. The topological polar surface area (TPSA) is 90.9 Å². The van der Waals surface area contributed by atoms with E-state index in [1.807, 2.05) is 37.3 Å². The van der Waals surface area contributed by atoms with Crippen molar-refractivity contribution in [2.24, 2.45) is 11.8 Å². The largest absolute Gasteiger partial charge is 0.465 e. The third-order valence-corrected chi connectivity index (χ3v) is 3.59. The van der Waals surface area contributed by atoms with Crippen molar-refractivity contribution in [3.05, 3.63) is 35.9 Å². The van der Waals surface area contributed by atoms with Crippen molar-refractivity contribution in [2.75, 3.05) is 19.8 Å². The van der Waals surface area contributed by atoms with E-state index >= 15 is 0 Å². The van der Waals surface area contributed by atoms with E-state index in [4.69, 9.17) is 14.2 Å². The van der Waals surface area contributed by atoms with E-state index in [9.17, 15) is 14.4 Å². The first-order valence-corrected chi connectivity index (χ1v) is 8.75. The van der Waals surface area contributed by atoms with Gasteiger partial charge in [0.05, 0.1) is 13.2 Å². The Morgan fingerprint density at radius 2 is 1.54 bits per heavy atom. The van der Waals surface area contributed by atoms with Crippen LogP contribution in [0.15, 0.2) is 30.3 Å². The maximum Gasteiger partial charge on any atom is 0.407 e. The Morgan fingerprint density at radius 3 is 2.08 bits per heavy atom. The lowest BCUT2D eigenvalue weighted by Crippen LogP contribution is -2.34. The summed E-state index contributed by atoms with van der Waals surface area (Å²) in [6.07, 6.45) is -0.332. The summed E-state index contributed by atoms with van der Waals surface area (Å²) < 4.78 is 15.0. The van der Waals surface area contributed by atoms with Gasteiger partial charge in [0.15, 0.2) is 5.92 Å². The minimum Gasteiger partial charge on any atom is -0.465 e. The quantitative estimate of drug-likeness (QED) is 0.389. The van der Waals surface area contributed by atoms with Crippen LogP contribution >= 0.6 is 0 Å². The number of benzene rings is 1. The zero-order valence-corrected chi connectivity index (χ0v) is 15.5. The van der Waals surface area contributed by atoms with Crippen LogP contribution < -0.4 is 5.32 Å². The number of ether oxygens (including phenoxy) is 3. The average Bonchev–Trinajstić information content (AvgIpc) is 2.63. The molecule has 1 N–H and O–H groups in total. The van der Waals surface area contributed by atoms with Crippen LogP contribution in [-0.4, -0.2) is 37.8 Å². The molecule has 0 fully saturated rings. The second kappa shape index (κ2) is 11.9. The van der Waals surface area contributed by atoms with E-state index in [0.717, 1.165) is 5.56 Å². The number of carbonyl (C=O) groups is 3. The van der Waals surface area contributed by atoms with Crippen LogP contribution in [-0.2, 0) is 30.4 Å². The molecule has 0 saturated heterocycles. The summed E-state index contributed by atoms with van der Waals surface area (Å²) in [4.78, 5) is 35.7. The van der Waals surface area contributed by atoms with E-state index < -0.39 is 23.9 Å². The smallest absolute Gasteiger partial charge is 0.407 e. The number of carbonyl (C=O) groups excluding carboxylic acids is 3. The first-order valence-electron chi connectivity index (χ1n) is 8.75. The van der Waals surface area contributed by atoms with Crippen molar-refractivity contribution in [2.45, 2.75) is 33.8 Å². The van der Waals surface area contributed by atoms with E-state index in [1.165, 1.54) is 0 Å². The van der Waals surface area contributed by atoms with Gasteiger partial charge in [-0.25, -0.2) is 4.79 Å². The van der Waals surface area contributed by atoms with Crippen LogP contribution in [0.5, 0.6) is 0 Å². The first kappa shape index (κ1) is 21.5. The van der Waals surface area contributed by atoms with Gasteiger partial charge in [0.2, 0.25) is 0 Å². The molecular formula is C19H27NO6. The molecule has 7 heteroatoms. The lowest BCUT2D eigenvalue weighted by Gasteiger charge is -2.18. The average molecular weight is 365 g/mol. The molecule has 0 heterocycles. The van der Waals surface area contributed by atoms with Crippen LogP contribution in [0.4, 0.5) is 4.79 Å². The van der Waals surface area contributed by atoms with Gasteiger partial charge in [0.1, 0.15) is 6.61 Å². The summed E-state index contributed by atoms with van der Waals surface area (Å²) in [7, 11) is 0. The van der Waals surface area contributed by atoms with E-state index in [0.29, 0.717) is 0 Å². The Balaban J connectivity index is 2.43. The highest BCUT2D eigenvalue weighted by Crippen LogP contribution is 2.16. The van der Waals surface area contributed by atoms with Crippen LogP contribution in [0.25, 0.3) is 0 Å². The van der Waals surface area contributed by atoms with Crippen LogP contribution in [0, 0.1) is 11.8 Å². The SMILES string of the molecule is CCOC(=O)C(C[C@@H](C)CNC(=O)OCc1ccccc1)C(=O)OCC. The summed E-state index contributed by atoms with van der Waals surface area (Å²) in [6, 6.07) is 9.33. The molecule has 0 saturated carbocycles. The molecular weight excluding hydrogens is 338 g/mol. The molecule has 0 bridgehead atoms. The van der Waals surface area contributed by atoms with Gasteiger partial charge in [-0.05, 0) is 31.7 Å². The minimum absolute atomic E-state index is 0.141. The zero-order chi connectivity index (χ0) is 19.4. The minimum atomic E-state index is -0.993. The highest BCUT2D eigenvalue weighted by atomic mass is 16.6. The van der Waals surface area contributed by atoms with Gasteiger partial charge in [0, 0.05) is 6.54 Å².